The Kier molecular flexibility index (Phi) is 7.56. The van der Waals surface area contributed by atoms with Crippen LogP contribution in [0.3, 0.4) is 0 Å². The van der Waals surface area contributed by atoms with Crippen molar-refractivity contribution in [2.75, 3.05) is 0 Å². The summed E-state index contributed by atoms with van der Waals surface area (Å²) < 4.78 is 0. The van der Waals surface area contributed by atoms with E-state index in [-0.39, 0.29) is 28.6 Å². The second kappa shape index (κ2) is 10.1. The van der Waals surface area contributed by atoms with Crippen LogP contribution < -0.4 is 0 Å². The van der Waals surface area contributed by atoms with E-state index in [1.165, 1.54) is 6.07 Å². The van der Waals surface area contributed by atoms with Gasteiger partial charge in [-0.2, -0.15) is 35.4 Å². The number of phenolic OH excluding ortho intramolecular Hbond substituents is 2. The fourth-order valence-corrected chi connectivity index (χ4v) is 2.33. The Morgan fingerprint density at radius 1 is 0.704 bits per heavy atom. The summed E-state index contributed by atoms with van der Waals surface area (Å²) in [5.41, 5.74) is 2.71. The quantitative estimate of drug-likeness (QED) is 0.242. The van der Waals surface area contributed by atoms with E-state index in [9.17, 15) is 10.2 Å². The first-order chi connectivity index (χ1) is 12.7. The number of para-hydroxylation sites is 1. The first kappa shape index (κ1) is 20.2. The third kappa shape index (κ3) is 5.68. The summed E-state index contributed by atoms with van der Waals surface area (Å²) in [5.74, 6) is 0.0948. The number of rotatable bonds is 3. The molecule has 0 amide bonds. The maximum absolute atomic E-state index is 9.86. The van der Waals surface area contributed by atoms with E-state index >= 15 is 0 Å². The first-order valence-corrected chi connectivity index (χ1v) is 8.15. The number of aromatic hydroxyl groups is 2. The molecule has 0 bridgehead atoms. The minimum atomic E-state index is 0. The monoisotopic (exact) mass is 398 g/mol. The average molecular weight is 398 g/mol. The van der Waals surface area contributed by atoms with Gasteiger partial charge in [0.15, 0.2) is 0 Å². The van der Waals surface area contributed by atoms with Crippen molar-refractivity contribution in [3.05, 3.63) is 97.1 Å². The van der Waals surface area contributed by atoms with Gasteiger partial charge in [-0.25, -0.2) is 12.1 Å². The number of hydrogen-bond donors (Lipinski definition) is 2. The summed E-state index contributed by atoms with van der Waals surface area (Å²) in [5, 5.41) is 27.5. The molecule has 0 radical (unpaired) electrons. The molecule has 0 atom stereocenters. The van der Waals surface area contributed by atoms with Gasteiger partial charge < -0.3 is 10.2 Å². The summed E-state index contributed by atoms with van der Waals surface area (Å²) >= 11 is 0. The smallest absolute Gasteiger partial charge is 0.507 e. The molecule has 5 heteroatoms. The molecule has 0 saturated heterocycles. The maximum Gasteiger partial charge on any atom is 2.00 e. The van der Waals surface area contributed by atoms with E-state index in [0.717, 1.165) is 11.1 Å². The van der Waals surface area contributed by atoms with Crippen LogP contribution >= 0.6 is 0 Å². The van der Waals surface area contributed by atoms with Gasteiger partial charge in [-0.1, -0.05) is 29.8 Å². The normalized spacial score (nSPS) is 10.1. The summed E-state index contributed by atoms with van der Waals surface area (Å²) in [7, 11) is 0. The van der Waals surface area contributed by atoms with Crippen LogP contribution in [0.4, 0.5) is 11.4 Å². The van der Waals surface area contributed by atoms with E-state index in [4.69, 9.17) is 0 Å². The van der Waals surface area contributed by atoms with Crippen LogP contribution in [-0.2, 0) is 17.1 Å². The molecule has 0 aromatic heterocycles. The van der Waals surface area contributed by atoms with Gasteiger partial charge in [-0.15, -0.1) is 28.9 Å². The van der Waals surface area contributed by atoms with E-state index in [1.807, 2.05) is 60.7 Å². The van der Waals surface area contributed by atoms with Gasteiger partial charge in [0, 0.05) is 0 Å². The number of benzene rings is 2. The molecule has 0 spiro atoms. The Balaban J connectivity index is 0.000000379. The zero-order valence-corrected chi connectivity index (χ0v) is 15.5. The van der Waals surface area contributed by atoms with Crippen LogP contribution in [0.15, 0.2) is 107 Å². The van der Waals surface area contributed by atoms with Crippen LogP contribution in [0.5, 0.6) is 11.5 Å². The molecule has 0 aliphatic carbocycles. The van der Waals surface area contributed by atoms with Crippen LogP contribution in [0.1, 0.15) is 0 Å². The predicted octanol–water partition coefficient (Wildman–Crippen LogP) is 6.30. The zero-order chi connectivity index (χ0) is 18.2. The minimum absolute atomic E-state index is 0. The molecule has 0 unspecified atom stereocenters. The van der Waals surface area contributed by atoms with Crippen molar-refractivity contribution < 1.29 is 27.3 Å². The van der Waals surface area contributed by atoms with Gasteiger partial charge in [0.05, 0.1) is 5.69 Å². The molecule has 0 fully saturated rings. The second-order valence-electron chi connectivity index (χ2n) is 5.53. The van der Waals surface area contributed by atoms with Crippen molar-refractivity contribution in [1.29, 1.82) is 0 Å². The molecule has 4 aromatic rings. The van der Waals surface area contributed by atoms with E-state index < -0.39 is 0 Å². The molecule has 27 heavy (non-hydrogen) atoms. The number of hydrogen-bond acceptors (Lipinski definition) is 4. The number of nitrogens with zero attached hydrogens (tertiary/aromatic N) is 2. The van der Waals surface area contributed by atoms with Crippen molar-refractivity contribution in [1.82, 2.24) is 0 Å². The third-order valence-electron chi connectivity index (χ3n) is 3.67. The molecule has 4 rings (SSSR count). The van der Waals surface area contributed by atoms with Crippen molar-refractivity contribution in [2.45, 2.75) is 0 Å². The average Bonchev–Trinajstić information content (AvgIpc) is 3.38. The van der Waals surface area contributed by atoms with Crippen molar-refractivity contribution in [3.8, 4) is 22.6 Å². The van der Waals surface area contributed by atoms with E-state index in [1.54, 1.807) is 30.3 Å². The largest absolute Gasteiger partial charge is 2.00 e. The Bertz CT molecular complexity index is 945. The summed E-state index contributed by atoms with van der Waals surface area (Å²) in [6.45, 7) is 0. The topological polar surface area (TPSA) is 65.2 Å². The maximum atomic E-state index is 9.86. The standard InChI is InChI=1S/C17H13N2O2.C5H5.Fe/c20-16-8-4-3-7-14(16)18-19-15-11-13(9-10-17(15)21)12-5-1-2-6-12;1-2-4-5-3-1;/h1-11,20-21H;1-5H;/q2*-1;+2. The van der Waals surface area contributed by atoms with Gasteiger partial charge in [0.25, 0.3) is 0 Å². The molecule has 4 aromatic carbocycles. The fourth-order valence-electron chi connectivity index (χ4n) is 2.33. The summed E-state index contributed by atoms with van der Waals surface area (Å²) in [4.78, 5) is 0. The number of azo groups is 1. The van der Waals surface area contributed by atoms with Gasteiger partial charge in [0.1, 0.15) is 17.2 Å². The third-order valence-corrected chi connectivity index (χ3v) is 3.67. The Labute approximate surface area is 168 Å². The molecule has 0 aliphatic rings. The Morgan fingerprint density at radius 3 is 1.96 bits per heavy atom. The molecule has 2 N–H and O–H groups in total. The van der Waals surface area contributed by atoms with Gasteiger partial charge in [0.2, 0.25) is 0 Å². The van der Waals surface area contributed by atoms with Crippen LogP contribution in [0.2, 0.25) is 0 Å². The van der Waals surface area contributed by atoms with Crippen molar-refractivity contribution in [2.24, 2.45) is 10.2 Å². The van der Waals surface area contributed by atoms with Crippen LogP contribution in [0.25, 0.3) is 11.1 Å². The van der Waals surface area contributed by atoms with Gasteiger partial charge in [-0.3, -0.25) is 0 Å². The van der Waals surface area contributed by atoms with Crippen LogP contribution in [0, 0.1) is 0 Å². The summed E-state index contributed by atoms with van der Waals surface area (Å²) in [6, 6.07) is 29.7. The molecule has 4 nitrogen and oxygen atoms in total. The SMILES string of the molecule is Oc1ccccc1N=Nc1cc(-[c-]2cccc2)ccc1O.[Fe+2].c1cc[cH-]c1. The molecular weight excluding hydrogens is 380 g/mol. The Hall–Kier alpha value is -3.14. The first-order valence-electron chi connectivity index (χ1n) is 8.15. The molecule has 136 valence electrons. The zero-order valence-electron chi connectivity index (χ0n) is 14.4. The molecular formula is C22H18FeN2O2. The molecule has 0 aliphatic heterocycles. The minimum Gasteiger partial charge on any atom is -0.507 e. The second-order valence-corrected chi connectivity index (χ2v) is 5.53. The van der Waals surface area contributed by atoms with Crippen molar-refractivity contribution >= 4 is 11.4 Å². The van der Waals surface area contributed by atoms with Crippen molar-refractivity contribution in [3.63, 3.8) is 0 Å². The van der Waals surface area contributed by atoms with E-state index in [0.29, 0.717) is 11.4 Å². The van der Waals surface area contributed by atoms with Gasteiger partial charge >= 0.3 is 17.1 Å². The van der Waals surface area contributed by atoms with Crippen LogP contribution in [-0.4, -0.2) is 10.2 Å². The summed E-state index contributed by atoms with van der Waals surface area (Å²) in [6.07, 6.45) is 0. The number of phenols is 2. The fraction of sp³-hybridized carbons (Fsp3) is 0. The molecule has 0 heterocycles. The molecule has 0 saturated carbocycles. The van der Waals surface area contributed by atoms with E-state index in [2.05, 4.69) is 10.2 Å². The Morgan fingerprint density at radius 2 is 1.33 bits per heavy atom. The predicted molar refractivity (Wildman–Crippen MR) is 103 cm³/mol. The van der Waals surface area contributed by atoms with Gasteiger partial charge in [-0.05, 0) is 12.1 Å².